The van der Waals surface area contributed by atoms with Crippen LogP contribution in [0.25, 0.3) is 10.8 Å². The first-order valence-corrected chi connectivity index (χ1v) is 8.14. The van der Waals surface area contributed by atoms with Crippen LogP contribution >= 0.6 is 0 Å². The smallest absolute Gasteiger partial charge is 0.224 e. The summed E-state index contributed by atoms with van der Waals surface area (Å²) in [6.45, 7) is 0. The van der Waals surface area contributed by atoms with Gasteiger partial charge in [-0.15, -0.1) is 0 Å². The van der Waals surface area contributed by atoms with Crippen LogP contribution in [0.4, 0.5) is 0 Å². The van der Waals surface area contributed by atoms with Crippen LogP contribution in [0.5, 0.6) is 0 Å². The summed E-state index contributed by atoms with van der Waals surface area (Å²) < 4.78 is 0. The quantitative estimate of drug-likeness (QED) is 0.772. The van der Waals surface area contributed by atoms with Gasteiger partial charge in [0.25, 0.3) is 0 Å². The van der Waals surface area contributed by atoms with Gasteiger partial charge in [-0.2, -0.15) is 0 Å². The maximum absolute atomic E-state index is 12.4. The molecule has 0 saturated heterocycles. The molecular formula is C21H19NO. The maximum Gasteiger partial charge on any atom is 0.224 e. The average molecular weight is 301 g/mol. The van der Waals surface area contributed by atoms with E-state index in [-0.39, 0.29) is 11.9 Å². The Bertz CT molecular complexity index is 868. The van der Waals surface area contributed by atoms with E-state index in [0.29, 0.717) is 6.42 Å². The number of aryl methyl sites for hydroxylation is 1. The number of carbonyl (C=O) groups is 1. The van der Waals surface area contributed by atoms with Gasteiger partial charge in [-0.05, 0) is 40.3 Å². The fourth-order valence-corrected chi connectivity index (χ4v) is 3.49. The number of benzene rings is 3. The molecule has 2 nitrogen and oxygen atoms in total. The van der Waals surface area contributed by atoms with Crippen molar-refractivity contribution >= 4 is 16.7 Å². The van der Waals surface area contributed by atoms with Crippen molar-refractivity contribution in [2.75, 3.05) is 0 Å². The highest BCUT2D eigenvalue weighted by molar-refractivity contribution is 5.85. The molecule has 3 aromatic carbocycles. The molecule has 0 unspecified atom stereocenters. The zero-order valence-electron chi connectivity index (χ0n) is 13.0. The Kier molecular flexibility index (Phi) is 3.58. The van der Waals surface area contributed by atoms with Crippen molar-refractivity contribution < 1.29 is 4.79 Å². The molecule has 1 N–H and O–H groups in total. The molecule has 114 valence electrons. The molecule has 0 bridgehead atoms. The lowest BCUT2D eigenvalue weighted by Crippen LogP contribution is -2.28. The Labute approximate surface area is 136 Å². The molecule has 1 aliphatic rings. The van der Waals surface area contributed by atoms with Crippen molar-refractivity contribution in [3.05, 3.63) is 83.4 Å². The van der Waals surface area contributed by atoms with E-state index >= 15 is 0 Å². The molecule has 0 aromatic heterocycles. The summed E-state index contributed by atoms with van der Waals surface area (Å²) >= 11 is 0. The van der Waals surface area contributed by atoms with Gasteiger partial charge >= 0.3 is 0 Å². The van der Waals surface area contributed by atoms with Crippen molar-refractivity contribution in [3.63, 3.8) is 0 Å². The third kappa shape index (κ3) is 2.85. The molecule has 0 aliphatic heterocycles. The third-order valence-corrected chi connectivity index (χ3v) is 4.65. The Morgan fingerprint density at radius 2 is 1.74 bits per heavy atom. The fourth-order valence-electron chi connectivity index (χ4n) is 3.49. The number of rotatable bonds is 3. The summed E-state index contributed by atoms with van der Waals surface area (Å²) in [4.78, 5) is 12.4. The van der Waals surface area contributed by atoms with E-state index in [4.69, 9.17) is 0 Å². The standard InChI is InChI=1S/C21H19NO/c23-21(22-20-12-11-17-6-3-4-8-19(17)20)14-15-9-10-16-5-1-2-7-18(16)13-15/h1-10,13,20H,11-12,14H2,(H,22,23)/t20-/m1/s1. The highest BCUT2D eigenvalue weighted by atomic mass is 16.1. The van der Waals surface area contributed by atoms with Crippen LogP contribution in [0.3, 0.4) is 0 Å². The van der Waals surface area contributed by atoms with Crippen LogP contribution in [-0.4, -0.2) is 5.91 Å². The average Bonchev–Trinajstić information content (AvgIpc) is 2.98. The monoisotopic (exact) mass is 301 g/mol. The van der Waals surface area contributed by atoms with Crippen molar-refractivity contribution in [3.8, 4) is 0 Å². The summed E-state index contributed by atoms with van der Waals surface area (Å²) in [6, 6.07) is 23.1. The molecule has 0 radical (unpaired) electrons. The minimum atomic E-state index is 0.0991. The largest absolute Gasteiger partial charge is 0.349 e. The first-order chi connectivity index (χ1) is 11.3. The molecule has 0 saturated carbocycles. The number of hydrogen-bond acceptors (Lipinski definition) is 1. The van der Waals surface area contributed by atoms with Gasteiger partial charge in [0.05, 0.1) is 12.5 Å². The minimum absolute atomic E-state index is 0.0991. The van der Waals surface area contributed by atoms with Crippen molar-refractivity contribution in [2.24, 2.45) is 0 Å². The van der Waals surface area contributed by atoms with E-state index in [9.17, 15) is 4.79 Å². The van der Waals surface area contributed by atoms with E-state index in [2.05, 4.69) is 47.8 Å². The predicted molar refractivity (Wildman–Crippen MR) is 93.3 cm³/mol. The maximum atomic E-state index is 12.4. The molecule has 23 heavy (non-hydrogen) atoms. The Morgan fingerprint density at radius 1 is 0.957 bits per heavy atom. The highest BCUT2D eigenvalue weighted by Crippen LogP contribution is 2.30. The molecule has 0 fully saturated rings. The number of nitrogens with one attached hydrogen (secondary N) is 1. The normalized spacial score (nSPS) is 16.3. The molecule has 4 rings (SSSR count). The second-order valence-electron chi connectivity index (χ2n) is 6.22. The summed E-state index contributed by atoms with van der Waals surface area (Å²) in [7, 11) is 0. The Balaban J connectivity index is 1.47. The number of hydrogen-bond donors (Lipinski definition) is 1. The van der Waals surface area contributed by atoms with Crippen LogP contribution in [0.15, 0.2) is 66.7 Å². The van der Waals surface area contributed by atoms with Crippen LogP contribution in [0.1, 0.15) is 29.2 Å². The molecule has 0 spiro atoms. The first kappa shape index (κ1) is 14.0. The van der Waals surface area contributed by atoms with E-state index in [1.54, 1.807) is 0 Å². The first-order valence-electron chi connectivity index (χ1n) is 8.14. The summed E-state index contributed by atoms with van der Waals surface area (Å²) in [5.41, 5.74) is 3.70. The third-order valence-electron chi connectivity index (χ3n) is 4.65. The molecule has 2 heteroatoms. The van der Waals surface area contributed by atoms with Gasteiger partial charge in [-0.25, -0.2) is 0 Å². The van der Waals surface area contributed by atoms with E-state index in [1.807, 2.05) is 24.3 Å². The van der Waals surface area contributed by atoms with Gasteiger partial charge in [0.15, 0.2) is 0 Å². The van der Waals surface area contributed by atoms with E-state index in [1.165, 1.54) is 21.9 Å². The van der Waals surface area contributed by atoms with Gasteiger partial charge in [-0.1, -0.05) is 66.7 Å². The van der Waals surface area contributed by atoms with Crippen molar-refractivity contribution in [1.82, 2.24) is 5.32 Å². The van der Waals surface area contributed by atoms with Crippen LogP contribution in [-0.2, 0) is 17.6 Å². The topological polar surface area (TPSA) is 29.1 Å². The van der Waals surface area contributed by atoms with Gasteiger partial charge in [0.1, 0.15) is 0 Å². The van der Waals surface area contributed by atoms with Gasteiger partial charge in [0.2, 0.25) is 5.91 Å². The molecule has 1 amide bonds. The van der Waals surface area contributed by atoms with Gasteiger partial charge in [0, 0.05) is 0 Å². The van der Waals surface area contributed by atoms with Crippen LogP contribution in [0, 0.1) is 0 Å². The number of fused-ring (bicyclic) bond motifs is 2. The Morgan fingerprint density at radius 3 is 2.65 bits per heavy atom. The summed E-state index contributed by atoms with van der Waals surface area (Å²) in [5.74, 6) is 0.0991. The lowest BCUT2D eigenvalue weighted by molar-refractivity contribution is -0.121. The minimum Gasteiger partial charge on any atom is -0.349 e. The molecule has 3 aromatic rings. The van der Waals surface area contributed by atoms with Gasteiger partial charge in [-0.3, -0.25) is 4.79 Å². The lowest BCUT2D eigenvalue weighted by atomic mass is 10.0. The second-order valence-corrected chi connectivity index (χ2v) is 6.22. The SMILES string of the molecule is O=C(Cc1ccc2ccccc2c1)N[C@@H]1CCc2ccccc21. The summed E-state index contributed by atoms with van der Waals surface area (Å²) in [6.07, 6.45) is 2.49. The van der Waals surface area contributed by atoms with Crippen molar-refractivity contribution in [2.45, 2.75) is 25.3 Å². The van der Waals surface area contributed by atoms with Crippen LogP contribution < -0.4 is 5.32 Å². The van der Waals surface area contributed by atoms with Gasteiger partial charge < -0.3 is 5.32 Å². The molecule has 1 aliphatic carbocycles. The van der Waals surface area contributed by atoms with E-state index < -0.39 is 0 Å². The molecular weight excluding hydrogens is 282 g/mol. The fraction of sp³-hybridized carbons (Fsp3) is 0.190. The predicted octanol–water partition coefficient (Wildman–Crippen LogP) is 4.19. The van der Waals surface area contributed by atoms with E-state index in [0.717, 1.165) is 18.4 Å². The number of carbonyl (C=O) groups excluding carboxylic acids is 1. The number of amides is 1. The zero-order chi connectivity index (χ0) is 15.6. The second kappa shape index (κ2) is 5.88. The molecule has 1 atom stereocenters. The Hall–Kier alpha value is -2.61. The summed E-state index contributed by atoms with van der Waals surface area (Å²) in [5, 5.41) is 5.59. The lowest BCUT2D eigenvalue weighted by Gasteiger charge is -2.14. The van der Waals surface area contributed by atoms with Crippen LogP contribution in [0.2, 0.25) is 0 Å². The molecule has 0 heterocycles. The van der Waals surface area contributed by atoms with Crippen molar-refractivity contribution in [1.29, 1.82) is 0 Å². The zero-order valence-corrected chi connectivity index (χ0v) is 13.0. The highest BCUT2D eigenvalue weighted by Gasteiger charge is 2.23.